The Morgan fingerprint density at radius 3 is 2.64 bits per heavy atom. The standard InChI is InChI=1S/C7H15NO3/c1-3-4-11-7(10)6(8)5(2)9/h5-6,9H,3-4,8H2,1-2H3/t5?,6-/m0/s1. The number of aliphatic hydroxyl groups excluding tert-OH is 1. The van der Waals surface area contributed by atoms with Crippen LogP contribution in [0, 0.1) is 0 Å². The summed E-state index contributed by atoms with van der Waals surface area (Å²) in [7, 11) is 0. The molecule has 3 N–H and O–H groups in total. The SMILES string of the molecule is CCCOC(=O)[C@@H](N)C(C)O. The molecule has 0 heterocycles. The normalized spacial score (nSPS) is 15.6. The lowest BCUT2D eigenvalue weighted by Crippen LogP contribution is -2.41. The smallest absolute Gasteiger partial charge is 0.325 e. The van der Waals surface area contributed by atoms with E-state index in [1.165, 1.54) is 6.92 Å². The molecule has 4 nitrogen and oxygen atoms in total. The van der Waals surface area contributed by atoms with Crippen molar-refractivity contribution in [3.8, 4) is 0 Å². The number of rotatable bonds is 4. The van der Waals surface area contributed by atoms with Gasteiger partial charge in [-0.3, -0.25) is 4.79 Å². The van der Waals surface area contributed by atoms with E-state index in [1.54, 1.807) is 0 Å². The minimum Gasteiger partial charge on any atom is -0.464 e. The summed E-state index contributed by atoms with van der Waals surface area (Å²) in [5.41, 5.74) is 5.28. The molecule has 0 saturated heterocycles. The van der Waals surface area contributed by atoms with Crippen LogP contribution in [-0.2, 0) is 9.53 Å². The maximum atomic E-state index is 10.8. The quantitative estimate of drug-likeness (QED) is 0.553. The van der Waals surface area contributed by atoms with Crippen LogP contribution < -0.4 is 5.73 Å². The van der Waals surface area contributed by atoms with Gasteiger partial charge < -0.3 is 15.6 Å². The molecule has 0 aliphatic heterocycles. The molecule has 0 radical (unpaired) electrons. The first-order valence-electron chi connectivity index (χ1n) is 3.69. The predicted octanol–water partition coefficient (Wildman–Crippen LogP) is -0.352. The van der Waals surface area contributed by atoms with Gasteiger partial charge in [-0.05, 0) is 13.3 Å². The fraction of sp³-hybridized carbons (Fsp3) is 0.857. The molecule has 0 fully saturated rings. The summed E-state index contributed by atoms with van der Waals surface area (Å²) in [5, 5.41) is 8.86. The van der Waals surface area contributed by atoms with Crippen molar-refractivity contribution >= 4 is 5.97 Å². The van der Waals surface area contributed by atoms with E-state index in [1.807, 2.05) is 6.92 Å². The Balaban J connectivity index is 3.64. The van der Waals surface area contributed by atoms with E-state index in [-0.39, 0.29) is 0 Å². The molecule has 0 bridgehead atoms. The molecule has 0 spiro atoms. The molecule has 0 aromatic carbocycles. The Bertz CT molecular complexity index is 125. The maximum Gasteiger partial charge on any atom is 0.325 e. The van der Waals surface area contributed by atoms with Crippen LogP contribution in [0.5, 0.6) is 0 Å². The highest BCUT2D eigenvalue weighted by Gasteiger charge is 2.19. The molecule has 2 atom stereocenters. The van der Waals surface area contributed by atoms with E-state index in [2.05, 4.69) is 0 Å². The Labute approximate surface area is 66.3 Å². The lowest BCUT2D eigenvalue weighted by atomic mass is 10.2. The van der Waals surface area contributed by atoms with Gasteiger partial charge in [-0.2, -0.15) is 0 Å². The molecule has 0 aliphatic carbocycles. The number of carbonyl (C=O) groups is 1. The summed E-state index contributed by atoms with van der Waals surface area (Å²) in [6, 6.07) is -0.915. The topological polar surface area (TPSA) is 72.5 Å². The minimum atomic E-state index is -0.915. The van der Waals surface area contributed by atoms with Gasteiger partial charge in [0, 0.05) is 0 Å². The summed E-state index contributed by atoms with van der Waals surface area (Å²) in [4.78, 5) is 10.8. The molecular weight excluding hydrogens is 146 g/mol. The molecule has 0 aromatic rings. The maximum absolute atomic E-state index is 10.8. The van der Waals surface area contributed by atoms with E-state index in [0.717, 1.165) is 6.42 Å². The largest absolute Gasteiger partial charge is 0.464 e. The molecule has 4 heteroatoms. The van der Waals surface area contributed by atoms with Gasteiger partial charge >= 0.3 is 5.97 Å². The average Bonchev–Trinajstić information content (AvgIpc) is 1.98. The van der Waals surface area contributed by atoms with Crippen LogP contribution in [0.15, 0.2) is 0 Å². The van der Waals surface area contributed by atoms with Crippen LogP contribution in [0.2, 0.25) is 0 Å². The van der Waals surface area contributed by atoms with E-state index in [9.17, 15) is 4.79 Å². The summed E-state index contributed by atoms with van der Waals surface area (Å²) < 4.78 is 4.69. The van der Waals surface area contributed by atoms with Gasteiger partial charge in [0.2, 0.25) is 0 Å². The Hall–Kier alpha value is -0.610. The van der Waals surface area contributed by atoms with Gasteiger partial charge in [0.25, 0.3) is 0 Å². The third kappa shape index (κ3) is 3.95. The summed E-state index contributed by atoms with van der Waals surface area (Å²) in [6.45, 7) is 3.71. The second-order valence-corrected chi connectivity index (χ2v) is 2.43. The number of hydrogen-bond donors (Lipinski definition) is 2. The number of aliphatic hydroxyl groups is 1. The number of nitrogens with two attached hydrogens (primary N) is 1. The highest BCUT2D eigenvalue weighted by Crippen LogP contribution is 1.93. The lowest BCUT2D eigenvalue weighted by molar-refractivity contribution is -0.147. The molecule has 0 rings (SSSR count). The molecule has 0 amide bonds. The van der Waals surface area contributed by atoms with Crippen molar-refractivity contribution in [1.29, 1.82) is 0 Å². The van der Waals surface area contributed by atoms with Gasteiger partial charge in [0.1, 0.15) is 6.04 Å². The van der Waals surface area contributed by atoms with Crippen molar-refractivity contribution in [1.82, 2.24) is 0 Å². The van der Waals surface area contributed by atoms with Gasteiger partial charge in [-0.25, -0.2) is 0 Å². The van der Waals surface area contributed by atoms with E-state index in [4.69, 9.17) is 15.6 Å². The van der Waals surface area contributed by atoms with Crippen molar-refractivity contribution in [3.05, 3.63) is 0 Å². The highest BCUT2D eigenvalue weighted by molar-refractivity contribution is 5.76. The minimum absolute atomic E-state index is 0.360. The average molecular weight is 161 g/mol. The zero-order valence-corrected chi connectivity index (χ0v) is 6.91. The van der Waals surface area contributed by atoms with Crippen LogP contribution in [0.4, 0.5) is 0 Å². The van der Waals surface area contributed by atoms with Gasteiger partial charge in [0.05, 0.1) is 12.7 Å². The number of hydrogen-bond acceptors (Lipinski definition) is 4. The van der Waals surface area contributed by atoms with Crippen molar-refractivity contribution in [2.45, 2.75) is 32.4 Å². The molecular formula is C7H15NO3. The van der Waals surface area contributed by atoms with E-state index >= 15 is 0 Å². The van der Waals surface area contributed by atoms with Crippen LogP contribution in [0.1, 0.15) is 20.3 Å². The predicted molar refractivity (Wildman–Crippen MR) is 40.9 cm³/mol. The highest BCUT2D eigenvalue weighted by atomic mass is 16.5. The summed E-state index contributed by atoms with van der Waals surface area (Å²) in [6.07, 6.45) is -0.0856. The van der Waals surface area contributed by atoms with Crippen molar-refractivity contribution in [2.75, 3.05) is 6.61 Å². The molecule has 0 saturated carbocycles. The fourth-order valence-electron chi connectivity index (χ4n) is 0.496. The Morgan fingerprint density at radius 2 is 2.27 bits per heavy atom. The Kier molecular flexibility index (Phi) is 4.81. The molecule has 11 heavy (non-hydrogen) atoms. The first kappa shape index (κ1) is 10.4. The van der Waals surface area contributed by atoms with Crippen LogP contribution >= 0.6 is 0 Å². The van der Waals surface area contributed by atoms with Crippen molar-refractivity contribution < 1.29 is 14.6 Å². The number of ether oxygens (including phenoxy) is 1. The van der Waals surface area contributed by atoms with E-state index in [0.29, 0.717) is 6.61 Å². The summed E-state index contributed by atoms with van der Waals surface area (Å²) >= 11 is 0. The number of esters is 1. The van der Waals surface area contributed by atoms with Gasteiger partial charge in [0.15, 0.2) is 0 Å². The van der Waals surface area contributed by atoms with Gasteiger partial charge in [-0.15, -0.1) is 0 Å². The van der Waals surface area contributed by atoms with Gasteiger partial charge in [-0.1, -0.05) is 6.92 Å². The second kappa shape index (κ2) is 5.09. The number of carbonyl (C=O) groups excluding carboxylic acids is 1. The lowest BCUT2D eigenvalue weighted by Gasteiger charge is -2.12. The third-order valence-corrected chi connectivity index (χ3v) is 1.24. The van der Waals surface area contributed by atoms with Crippen molar-refractivity contribution in [3.63, 3.8) is 0 Å². The zero-order chi connectivity index (χ0) is 8.85. The van der Waals surface area contributed by atoms with Crippen molar-refractivity contribution in [2.24, 2.45) is 5.73 Å². The molecule has 1 unspecified atom stereocenters. The third-order valence-electron chi connectivity index (χ3n) is 1.24. The van der Waals surface area contributed by atoms with Crippen LogP contribution in [0.25, 0.3) is 0 Å². The first-order valence-corrected chi connectivity index (χ1v) is 3.69. The van der Waals surface area contributed by atoms with Crippen LogP contribution in [-0.4, -0.2) is 29.8 Å². The summed E-state index contributed by atoms with van der Waals surface area (Å²) in [5.74, 6) is -0.540. The van der Waals surface area contributed by atoms with E-state index < -0.39 is 18.1 Å². The molecule has 0 aromatic heterocycles. The molecule has 0 aliphatic rings. The fourth-order valence-corrected chi connectivity index (χ4v) is 0.496. The monoisotopic (exact) mass is 161 g/mol. The van der Waals surface area contributed by atoms with Crippen LogP contribution in [0.3, 0.4) is 0 Å². The zero-order valence-electron chi connectivity index (χ0n) is 6.91. The Morgan fingerprint density at radius 1 is 1.73 bits per heavy atom. The first-order chi connectivity index (χ1) is 5.09. The second-order valence-electron chi connectivity index (χ2n) is 2.43. The molecule has 66 valence electrons.